The smallest absolute Gasteiger partial charge is 0.405 e. The number of nitrogens with two attached hydrogens (primary N) is 1. The molecule has 0 spiro atoms. The first-order chi connectivity index (χ1) is 13.5. The summed E-state index contributed by atoms with van der Waals surface area (Å²) in [5, 5.41) is 44.6. The number of ether oxygens (including phenoxy) is 1. The van der Waals surface area contributed by atoms with E-state index in [1.54, 1.807) is 19.9 Å². The van der Waals surface area contributed by atoms with Gasteiger partial charge in [-0.15, -0.1) is 0 Å². The van der Waals surface area contributed by atoms with E-state index in [2.05, 4.69) is 5.32 Å². The van der Waals surface area contributed by atoms with Crippen LogP contribution in [0, 0.1) is 5.92 Å². The number of piperidine rings is 1. The monoisotopic (exact) mass is 409 g/mol. The lowest BCUT2D eigenvalue weighted by Crippen LogP contribution is -2.57. The van der Waals surface area contributed by atoms with E-state index < -0.39 is 42.6 Å². The predicted molar refractivity (Wildman–Crippen MR) is 104 cm³/mol. The van der Waals surface area contributed by atoms with E-state index in [-0.39, 0.29) is 5.92 Å². The molecule has 9 nitrogen and oxygen atoms in total. The molecule has 1 aromatic carbocycles. The Morgan fingerprint density at radius 3 is 2.59 bits per heavy atom. The lowest BCUT2D eigenvalue weighted by Gasteiger charge is -2.40. The number of carbonyl (C=O) groups is 1. The van der Waals surface area contributed by atoms with Gasteiger partial charge in [-0.05, 0) is 44.6 Å². The van der Waals surface area contributed by atoms with Gasteiger partial charge in [0.1, 0.15) is 30.5 Å². The Morgan fingerprint density at radius 1 is 1.28 bits per heavy atom. The van der Waals surface area contributed by atoms with Crippen LogP contribution in [0.3, 0.4) is 0 Å². The predicted octanol–water partition coefficient (Wildman–Crippen LogP) is 0.425. The summed E-state index contributed by atoms with van der Waals surface area (Å²) in [5.74, 6) is -0.114. The molecule has 0 aromatic heterocycles. The molecule has 2 aliphatic rings. The van der Waals surface area contributed by atoms with Crippen molar-refractivity contribution in [3.63, 3.8) is 0 Å². The van der Waals surface area contributed by atoms with Gasteiger partial charge in [0.2, 0.25) is 0 Å². The van der Waals surface area contributed by atoms with Crippen LogP contribution in [0.1, 0.15) is 62.8 Å². The van der Waals surface area contributed by atoms with Crippen molar-refractivity contribution in [1.82, 2.24) is 10.2 Å². The molecule has 162 valence electrons. The van der Waals surface area contributed by atoms with Crippen LogP contribution in [-0.2, 0) is 11.2 Å². The third-order valence-electron chi connectivity index (χ3n) is 6.25. The molecular formula is C20H31N3O6. The largest absolute Gasteiger partial charge is 0.443 e. The van der Waals surface area contributed by atoms with Gasteiger partial charge < -0.3 is 30.9 Å². The van der Waals surface area contributed by atoms with Crippen molar-refractivity contribution >= 4 is 6.09 Å². The number of carbonyl (C=O) groups excluding carboxylic acids is 1. The first-order valence-electron chi connectivity index (χ1n) is 9.88. The van der Waals surface area contributed by atoms with Gasteiger partial charge in [0.15, 0.2) is 0 Å². The van der Waals surface area contributed by atoms with Gasteiger partial charge in [-0.1, -0.05) is 25.1 Å². The van der Waals surface area contributed by atoms with Crippen LogP contribution < -0.4 is 11.1 Å². The van der Waals surface area contributed by atoms with Crippen molar-refractivity contribution in [3.8, 4) is 0 Å². The summed E-state index contributed by atoms with van der Waals surface area (Å²) in [6.45, 7) is 5.48. The van der Waals surface area contributed by atoms with Gasteiger partial charge in [-0.3, -0.25) is 5.32 Å². The zero-order valence-corrected chi connectivity index (χ0v) is 16.9. The van der Waals surface area contributed by atoms with E-state index in [1.807, 2.05) is 19.1 Å². The Bertz CT molecular complexity index is 758. The molecular weight excluding hydrogens is 378 g/mol. The molecule has 1 amide bonds. The van der Waals surface area contributed by atoms with Crippen LogP contribution in [0.25, 0.3) is 0 Å². The minimum atomic E-state index is -1.11. The number of primary amides is 1. The molecule has 0 aliphatic carbocycles. The molecule has 7 N–H and O–H groups in total. The summed E-state index contributed by atoms with van der Waals surface area (Å²) in [5.41, 5.74) is 6.36. The number of hydrogen-bond donors (Lipinski definition) is 6. The summed E-state index contributed by atoms with van der Waals surface area (Å²) in [6, 6.07) is 4.87. The molecule has 29 heavy (non-hydrogen) atoms. The van der Waals surface area contributed by atoms with Crippen molar-refractivity contribution in [1.29, 1.82) is 0 Å². The van der Waals surface area contributed by atoms with Crippen LogP contribution in [0.4, 0.5) is 4.79 Å². The van der Waals surface area contributed by atoms with Crippen molar-refractivity contribution in [2.75, 3.05) is 0 Å². The van der Waals surface area contributed by atoms with Gasteiger partial charge in [-0.2, -0.15) is 0 Å². The Labute approximate surface area is 170 Å². The fourth-order valence-corrected chi connectivity index (χ4v) is 4.28. The summed E-state index contributed by atoms with van der Waals surface area (Å²) >= 11 is 0. The third-order valence-corrected chi connectivity index (χ3v) is 6.25. The number of amides is 1. The van der Waals surface area contributed by atoms with E-state index in [9.17, 15) is 25.2 Å². The maximum Gasteiger partial charge on any atom is 0.405 e. The SMILES string of the molecule is CC(Cc1cccc2c1C(O)N(C1CCC(O)NC1O)C2O)C(C)(C)OC(N)=O. The Morgan fingerprint density at radius 2 is 1.97 bits per heavy atom. The minimum absolute atomic E-state index is 0.114. The van der Waals surface area contributed by atoms with E-state index >= 15 is 0 Å². The molecule has 0 bridgehead atoms. The molecule has 2 aliphatic heterocycles. The number of hydrogen-bond acceptors (Lipinski definition) is 8. The van der Waals surface area contributed by atoms with Gasteiger partial charge in [-0.25, -0.2) is 9.69 Å². The lowest BCUT2D eigenvalue weighted by molar-refractivity contribution is -0.159. The molecule has 1 saturated heterocycles. The highest BCUT2D eigenvalue weighted by Gasteiger charge is 2.45. The molecule has 1 aromatic rings. The lowest BCUT2D eigenvalue weighted by atomic mass is 9.85. The van der Waals surface area contributed by atoms with Crippen molar-refractivity contribution in [2.45, 2.75) is 76.6 Å². The number of aliphatic hydroxyl groups excluding tert-OH is 4. The van der Waals surface area contributed by atoms with Gasteiger partial charge in [0.25, 0.3) is 0 Å². The van der Waals surface area contributed by atoms with Gasteiger partial charge in [0, 0.05) is 11.1 Å². The molecule has 9 heteroatoms. The summed E-state index contributed by atoms with van der Waals surface area (Å²) in [7, 11) is 0. The highest BCUT2D eigenvalue weighted by Crippen LogP contribution is 2.45. The first-order valence-corrected chi connectivity index (χ1v) is 9.88. The Hall–Kier alpha value is -1.75. The quantitative estimate of drug-likeness (QED) is 0.410. The maximum absolute atomic E-state index is 11.2. The molecule has 0 radical (unpaired) electrons. The number of benzene rings is 1. The van der Waals surface area contributed by atoms with Crippen molar-refractivity contribution in [2.24, 2.45) is 11.7 Å². The zero-order chi connectivity index (χ0) is 21.5. The molecule has 6 atom stereocenters. The van der Waals surface area contributed by atoms with Crippen LogP contribution in [0.15, 0.2) is 18.2 Å². The number of fused-ring (bicyclic) bond motifs is 1. The fourth-order valence-electron chi connectivity index (χ4n) is 4.28. The molecule has 3 rings (SSSR count). The first kappa shape index (κ1) is 21.9. The molecule has 6 unspecified atom stereocenters. The van der Waals surface area contributed by atoms with Crippen LogP contribution in [0.2, 0.25) is 0 Å². The highest BCUT2D eigenvalue weighted by atomic mass is 16.6. The third kappa shape index (κ3) is 4.25. The second kappa shape index (κ2) is 8.17. The maximum atomic E-state index is 11.2. The summed E-state index contributed by atoms with van der Waals surface area (Å²) < 4.78 is 5.23. The Kier molecular flexibility index (Phi) is 6.19. The van der Waals surface area contributed by atoms with E-state index in [0.29, 0.717) is 30.4 Å². The van der Waals surface area contributed by atoms with Crippen molar-refractivity contribution in [3.05, 3.63) is 34.9 Å². The number of nitrogens with zero attached hydrogens (tertiary/aromatic N) is 1. The summed E-state index contributed by atoms with van der Waals surface area (Å²) in [4.78, 5) is 12.7. The average molecular weight is 409 g/mol. The summed E-state index contributed by atoms with van der Waals surface area (Å²) in [6.07, 6.45) is -3.62. The fraction of sp³-hybridized carbons (Fsp3) is 0.650. The van der Waals surface area contributed by atoms with Crippen molar-refractivity contribution < 1.29 is 30.0 Å². The number of nitrogens with one attached hydrogen (secondary N) is 1. The number of aliphatic hydroxyl groups is 4. The van der Waals surface area contributed by atoms with Crippen LogP contribution in [0.5, 0.6) is 0 Å². The second-order valence-electron chi connectivity index (χ2n) is 8.52. The normalized spacial score (nSPS) is 31.3. The molecule has 2 heterocycles. The minimum Gasteiger partial charge on any atom is -0.443 e. The van der Waals surface area contributed by atoms with Gasteiger partial charge >= 0.3 is 6.09 Å². The van der Waals surface area contributed by atoms with Crippen LogP contribution >= 0.6 is 0 Å². The molecule has 1 fully saturated rings. The standard InChI is InChI=1S/C20H31N3O6/c1-10(20(2,3)29-19(21)28)9-11-5-4-6-12-15(11)18(27)23(17(12)26)13-7-8-14(24)22-16(13)25/h4-6,10,13-14,16-18,22,24-27H,7-9H2,1-3H3,(H2,21,28). The highest BCUT2D eigenvalue weighted by molar-refractivity contribution is 5.65. The average Bonchev–Trinajstić information content (AvgIpc) is 2.86. The van der Waals surface area contributed by atoms with E-state index in [4.69, 9.17) is 10.5 Å². The number of rotatable bonds is 5. The van der Waals surface area contributed by atoms with Gasteiger partial charge in [0.05, 0.1) is 6.04 Å². The second-order valence-corrected chi connectivity index (χ2v) is 8.52. The topological polar surface area (TPSA) is 149 Å². The van der Waals surface area contributed by atoms with Crippen LogP contribution in [-0.4, -0.2) is 55.5 Å². The Balaban J connectivity index is 1.86. The zero-order valence-electron chi connectivity index (χ0n) is 16.9. The molecule has 0 saturated carbocycles. The van der Waals surface area contributed by atoms with E-state index in [1.165, 1.54) is 4.90 Å². The van der Waals surface area contributed by atoms with E-state index in [0.717, 1.165) is 5.56 Å².